The number of carbonyl (C=O) groups is 2. The van der Waals surface area contributed by atoms with Crippen LogP contribution in [-0.2, 0) is 7.05 Å². The summed E-state index contributed by atoms with van der Waals surface area (Å²) < 4.78 is 1.33. The number of aryl methyl sites for hydroxylation is 1. The number of amides is 1. The van der Waals surface area contributed by atoms with Gasteiger partial charge in [-0.3, -0.25) is 9.59 Å². The number of rotatable bonds is 4. The molecule has 2 N–H and O–H groups in total. The number of carboxylic acid groups (broad SMARTS) is 1. The summed E-state index contributed by atoms with van der Waals surface area (Å²) in [7, 11) is 3.00. The Bertz CT molecular complexity index is 1150. The van der Waals surface area contributed by atoms with Crippen molar-refractivity contribution in [3.05, 3.63) is 63.9 Å². The fourth-order valence-electron chi connectivity index (χ4n) is 2.94. The Morgan fingerprint density at radius 2 is 1.75 bits per heavy atom. The highest BCUT2D eigenvalue weighted by atomic mass is 32.2. The topological polar surface area (TPSA) is 99.8 Å². The van der Waals surface area contributed by atoms with E-state index in [1.807, 2.05) is 12.3 Å². The van der Waals surface area contributed by atoms with E-state index in [1.54, 1.807) is 19.2 Å². The molecule has 144 valence electrons. The maximum Gasteiger partial charge on any atom is 0.335 e. The minimum Gasteiger partial charge on any atom is -0.506 e. The SMILES string of the molecule is CSc1ccc2c(c1)c(O)c(C(=O)N(C)c1ccc(C(=O)O)cc1)c(=O)n2C. The predicted molar refractivity (Wildman–Crippen MR) is 109 cm³/mol. The zero-order valence-electron chi connectivity index (χ0n) is 15.5. The molecule has 0 saturated heterocycles. The van der Waals surface area contributed by atoms with Crippen molar-refractivity contribution in [3.63, 3.8) is 0 Å². The summed E-state index contributed by atoms with van der Waals surface area (Å²) >= 11 is 1.48. The second kappa shape index (κ2) is 7.40. The van der Waals surface area contributed by atoms with Gasteiger partial charge in [-0.05, 0) is 48.7 Å². The van der Waals surface area contributed by atoms with Crippen LogP contribution >= 0.6 is 11.8 Å². The highest BCUT2D eigenvalue weighted by molar-refractivity contribution is 7.98. The maximum absolute atomic E-state index is 13.0. The Morgan fingerprint density at radius 3 is 2.32 bits per heavy atom. The van der Waals surface area contributed by atoms with Gasteiger partial charge in [0.05, 0.1) is 11.1 Å². The molecule has 0 aliphatic heterocycles. The minimum absolute atomic E-state index is 0.0821. The molecule has 0 saturated carbocycles. The van der Waals surface area contributed by atoms with Gasteiger partial charge in [0.15, 0.2) is 0 Å². The van der Waals surface area contributed by atoms with E-state index in [-0.39, 0.29) is 16.9 Å². The van der Waals surface area contributed by atoms with E-state index in [0.29, 0.717) is 16.6 Å². The lowest BCUT2D eigenvalue weighted by Gasteiger charge is -2.19. The van der Waals surface area contributed by atoms with E-state index in [1.165, 1.54) is 52.5 Å². The Balaban J connectivity index is 2.12. The first-order chi connectivity index (χ1) is 13.3. The molecule has 2 aromatic carbocycles. The van der Waals surface area contributed by atoms with Crippen LogP contribution in [0.15, 0.2) is 52.2 Å². The van der Waals surface area contributed by atoms with Gasteiger partial charge in [0, 0.05) is 30.1 Å². The summed E-state index contributed by atoms with van der Waals surface area (Å²) in [5, 5.41) is 20.1. The first-order valence-corrected chi connectivity index (χ1v) is 9.49. The molecule has 0 spiro atoms. The van der Waals surface area contributed by atoms with Crippen molar-refractivity contribution < 1.29 is 19.8 Å². The molecule has 1 aromatic heterocycles. The first kappa shape index (κ1) is 19.5. The van der Waals surface area contributed by atoms with Gasteiger partial charge in [0.1, 0.15) is 11.3 Å². The van der Waals surface area contributed by atoms with Gasteiger partial charge in [0.25, 0.3) is 11.5 Å². The van der Waals surface area contributed by atoms with E-state index < -0.39 is 17.4 Å². The van der Waals surface area contributed by atoms with Gasteiger partial charge in [-0.2, -0.15) is 0 Å². The Hall–Kier alpha value is -3.26. The van der Waals surface area contributed by atoms with Crippen molar-refractivity contribution in [1.29, 1.82) is 0 Å². The molecule has 1 heterocycles. The zero-order valence-corrected chi connectivity index (χ0v) is 16.3. The van der Waals surface area contributed by atoms with Gasteiger partial charge in [0.2, 0.25) is 0 Å². The number of hydrogen-bond donors (Lipinski definition) is 2. The van der Waals surface area contributed by atoms with Crippen molar-refractivity contribution in [1.82, 2.24) is 4.57 Å². The first-order valence-electron chi connectivity index (χ1n) is 8.27. The van der Waals surface area contributed by atoms with Crippen LogP contribution in [0.1, 0.15) is 20.7 Å². The van der Waals surface area contributed by atoms with Gasteiger partial charge >= 0.3 is 5.97 Å². The summed E-state index contributed by atoms with van der Waals surface area (Å²) in [5.74, 6) is -2.13. The highest BCUT2D eigenvalue weighted by Crippen LogP contribution is 2.30. The van der Waals surface area contributed by atoms with Crippen LogP contribution in [0.4, 0.5) is 5.69 Å². The molecule has 0 aliphatic rings. The largest absolute Gasteiger partial charge is 0.506 e. The van der Waals surface area contributed by atoms with Crippen LogP contribution in [0.3, 0.4) is 0 Å². The van der Waals surface area contributed by atoms with Crippen LogP contribution in [0.5, 0.6) is 5.75 Å². The lowest BCUT2D eigenvalue weighted by molar-refractivity contribution is 0.0696. The van der Waals surface area contributed by atoms with Gasteiger partial charge < -0.3 is 19.7 Å². The minimum atomic E-state index is -1.08. The Kier molecular flexibility index (Phi) is 5.15. The fourth-order valence-corrected chi connectivity index (χ4v) is 3.38. The number of carbonyl (C=O) groups excluding carboxylic acids is 1. The van der Waals surface area contributed by atoms with Gasteiger partial charge in [-0.15, -0.1) is 11.8 Å². The molecule has 0 radical (unpaired) electrons. The van der Waals surface area contributed by atoms with E-state index in [9.17, 15) is 19.5 Å². The number of thioether (sulfide) groups is 1. The van der Waals surface area contributed by atoms with E-state index in [4.69, 9.17) is 5.11 Å². The number of aromatic nitrogens is 1. The number of aromatic carboxylic acids is 1. The number of aromatic hydroxyl groups is 1. The van der Waals surface area contributed by atoms with Crippen LogP contribution < -0.4 is 10.5 Å². The second-order valence-corrected chi connectivity index (χ2v) is 7.07. The van der Waals surface area contributed by atoms with E-state index in [2.05, 4.69) is 0 Å². The normalized spacial score (nSPS) is 10.8. The van der Waals surface area contributed by atoms with Crippen molar-refractivity contribution in [2.24, 2.45) is 7.05 Å². The number of anilines is 1. The molecule has 3 aromatic rings. The molecule has 3 rings (SSSR count). The van der Waals surface area contributed by atoms with Crippen molar-refractivity contribution >= 4 is 40.2 Å². The monoisotopic (exact) mass is 398 g/mol. The number of pyridine rings is 1. The molecular formula is C20H18N2O5S. The summed E-state index contributed by atoms with van der Waals surface area (Å²) in [5.41, 5.74) is 0.0531. The molecule has 7 nitrogen and oxygen atoms in total. The smallest absolute Gasteiger partial charge is 0.335 e. The van der Waals surface area contributed by atoms with Crippen LogP contribution in [0, 0.1) is 0 Å². The highest BCUT2D eigenvalue weighted by Gasteiger charge is 2.25. The summed E-state index contributed by atoms with van der Waals surface area (Å²) in [4.78, 5) is 38.8. The lowest BCUT2D eigenvalue weighted by atomic mass is 10.1. The van der Waals surface area contributed by atoms with Crippen molar-refractivity contribution in [3.8, 4) is 5.75 Å². The number of carboxylic acids is 1. The van der Waals surface area contributed by atoms with Crippen LogP contribution in [0.2, 0.25) is 0 Å². The molecule has 0 bridgehead atoms. The third kappa shape index (κ3) is 3.22. The second-order valence-electron chi connectivity index (χ2n) is 6.19. The van der Waals surface area contributed by atoms with Crippen molar-refractivity contribution in [2.45, 2.75) is 4.90 Å². The van der Waals surface area contributed by atoms with Crippen LogP contribution in [0.25, 0.3) is 10.9 Å². The Morgan fingerprint density at radius 1 is 1.11 bits per heavy atom. The third-order valence-electron chi connectivity index (χ3n) is 4.60. The summed E-state index contributed by atoms with van der Waals surface area (Å²) in [6.07, 6.45) is 1.89. The molecule has 0 fully saturated rings. The molecule has 0 aliphatic carbocycles. The molecular weight excluding hydrogens is 380 g/mol. The average molecular weight is 398 g/mol. The molecule has 0 unspecified atom stereocenters. The maximum atomic E-state index is 13.0. The number of fused-ring (bicyclic) bond motifs is 1. The molecule has 8 heteroatoms. The lowest BCUT2D eigenvalue weighted by Crippen LogP contribution is -2.34. The van der Waals surface area contributed by atoms with E-state index in [0.717, 1.165) is 4.90 Å². The van der Waals surface area contributed by atoms with Crippen molar-refractivity contribution in [2.75, 3.05) is 18.2 Å². The number of nitrogens with zero attached hydrogens (tertiary/aromatic N) is 2. The van der Waals surface area contributed by atoms with Crippen LogP contribution in [-0.4, -0.2) is 40.0 Å². The number of benzene rings is 2. The third-order valence-corrected chi connectivity index (χ3v) is 5.32. The molecule has 28 heavy (non-hydrogen) atoms. The predicted octanol–water partition coefficient (Wildman–Crippen LogP) is 2.94. The summed E-state index contributed by atoms with van der Waals surface area (Å²) in [6.45, 7) is 0. The fraction of sp³-hybridized carbons (Fsp3) is 0.150. The Labute approximate surface area is 164 Å². The van der Waals surface area contributed by atoms with Gasteiger partial charge in [-0.25, -0.2) is 4.79 Å². The molecule has 1 amide bonds. The standard InChI is InChI=1S/C20H18N2O5S/c1-21(12-6-4-11(5-7-12)20(26)27)18(24)16-17(23)14-10-13(28-3)8-9-15(14)22(2)19(16)25/h4-10,23H,1-3H3,(H,26,27). The zero-order chi connectivity index (χ0) is 20.6. The molecule has 0 atom stereocenters. The van der Waals surface area contributed by atoms with E-state index >= 15 is 0 Å². The van der Waals surface area contributed by atoms with Gasteiger partial charge in [-0.1, -0.05) is 0 Å². The quantitative estimate of drug-likeness (QED) is 0.656. The average Bonchev–Trinajstić information content (AvgIpc) is 2.71. The summed E-state index contributed by atoms with van der Waals surface area (Å²) in [6, 6.07) is 11.0. The number of hydrogen-bond acceptors (Lipinski definition) is 5.